The van der Waals surface area contributed by atoms with Crippen molar-refractivity contribution in [2.45, 2.75) is 6.18 Å². The maximum atomic E-state index is 12.8. The molecular weight excluding hydrogens is 277 g/mol. The van der Waals surface area contributed by atoms with E-state index in [2.05, 4.69) is 10.3 Å². The summed E-state index contributed by atoms with van der Waals surface area (Å²) in [5.74, 6) is 0. The molecule has 1 aromatic rings. The van der Waals surface area contributed by atoms with E-state index in [1.807, 2.05) is 0 Å². The Morgan fingerprint density at radius 1 is 1.37 bits per heavy atom. The number of alkyl halides is 3. The average Bonchev–Trinajstić information content (AvgIpc) is 2.37. The molecule has 98 valence electrons. The smallest absolute Gasteiger partial charge is 0.271 e. The fourth-order valence-corrected chi connectivity index (χ4v) is 1.55. The van der Waals surface area contributed by atoms with Gasteiger partial charge in [-0.1, -0.05) is 11.8 Å². The highest BCUT2D eigenvalue weighted by atomic mass is 32.2. The lowest BCUT2D eigenvalue weighted by Crippen LogP contribution is -2.13. The third kappa shape index (κ3) is 3.90. The Bertz CT molecular complexity index is 581. The van der Waals surface area contributed by atoms with E-state index in [-0.39, 0.29) is 16.4 Å². The SMILES string of the molecule is CSC(=Nc1ccc(C#N)cc1C(F)(F)F)NC#N. The van der Waals surface area contributed by atoms with Gasteiger partial charge in [0, 0.05) is 0 Å². The zero-order chi connectivity index (χ0) is 14.5. The number of halogens is 3. The first-order valence-corrected chi connectivity index (χ1v) is 6.04. The molecule has 0 aliphatic heterocycles. The zero-order valence-corrected chi connectivity index (χ0v) is 10.4. The van der Waals surface area contributed by atoms with Crippen molar-refractivity contribution in [3.8, 4) is 12.3 Å². The maximum absolute atomic E-state index is 12.8. The maximum Gasteiger partial charge on any atom is 0.418 e. The first-order valence-electron chi connectivity index (χ1n) is 4.81. The summed E-state index contributed by atoms with van der Waals surface area (Å²) < 4.78 is 38.5. The minimum Gasteiger partial charge on any atom is -0.271 e. The lowest BCUT2D eigenvalue weighted by Gasteiger charge is -2.10. The van der Waals surface area contributed by atoms with Crippen LogP contribution in [-0.2, 0) is 6.18 Å². The Balaban J connectivity index is 3.36. The average molecular weight is 284 g/mol. The van der Waals surface area contributed by atoms with Crippen LogP contribution in [0.15, 0.2) is 23.2 Å². The van der Waals surface area contributed by atoms with Crippen molar-refractivity contribution in [1.82, 2.24) is 5.32 Å². The van der Waals surface area contributed by atoms with Gasteiger partial charge in [-0.2, -0.15) is 23.7 Å². The quantitative estimate of drug-likeness (QED) is 0.372. The van der Waals surface area contributed by atoms with Crippen LogP contribution in [-0.4, -0.2) is 11.4 Å². The van der Waals surface area contributed by atoms with E-state index in [9.17, 15) is 13.2 Å². The number of rotatable bonds is 1. The molecule has 0 bridgehead atoms. The van der Waals surface area contributed by atoms with E-state index in [1.54, 1.807) is 18.5 Å². The van der Waals surface area contributed by atoms with Gasteiger partial charge in [-0.15, -0.1) is 0 Å². The first kappa shape index (κ1) is 14.9. The monoisotopic (exact) mass is 284 g/mol. The number of nitriles is 2. The molecule has 1 N–H and O–H groups in total. The van der Waals surface area contributed by atoms with E-state index in [1.165, 1.54) is 6.07 Å². The number of benzene rings is 1. The number of nitrogens with zero attached hydrogens (tertiary/aromatic N) is 3. The third-order valence-electron chi connectivity index (χ3n) is 2.01. The summed E-state index contributed by atoms with van der Waals surface area (Å²) in [6, 6.07) is 4.69. The summed E-state index contributed by atoms with van der Waals surface area (Å²) in [5, 5.41) is 19.3. The van der Waals surface area contributed by atoms with Crippen LogP contribution in [0.1, 0.15) is 11.1 Å². The first-order chi connectivity index (χ1) is 8.92. The summed E-state index contributed by atoms with van der Waals surface area (Å²) in [6.45, 7) is 0. The molecule has 4 nitrogen and oxygen atoms in total. The summed E-state index contributed by atoms with van der Waals surface area (Å²) >= 11 is 1.00. The van der Waals surface area contributed by atoms with Gasteiger partial charge in [-0.05, 0) is 24.5 Å². The fourth-order valence-electron chi connectivity index (χ4n) is 1.21. The van der Waals surface area contributed by atoms with Gasteiger partial charge >= 0.3 is 6.18 Å². The molecule has 0 atom stereocenters. The summed E-state index contributed by atoms with van der Waals surface area (Å²) in [7, 11) is 0. The molecule has 0 radical (unpaired) electrons. The molecule has 1 rings (SSSR count). The highest BCUT2D eigenvalue weighted by Crippen LogP contribution is 2.37. The molecular formula is C11H7F3N4S. The predicted octanol–water partition coefficient (Wildman–Crippen LogP) is 3.00. The van der Waals surface area contributed by atoms with Gasteiger partial charge < -0.3 is 0 Å². The second-order valence-electron chi connectivity index (χ2n) is 3.20. The number of hydrogen-bond donors (Lipinski definition) is 1. The molecule has 0 amide bonds. The minimum atomic E-state index is -4.62. The van der Waals surface area contributed by atoms with E-state index in [0.29, 0.717) is 0 Å². The lowest BCUT2D eigenvalue weighted by atomic mass is 10.1. The topological polar surface area (TPSA) is 72.0 Å². The standard InChI is InChI=1S/C11H7F3N4S/c1-19-10(17-6-16)18-9-3-2-7(5-15)4-8(9)11(12,13)14/h2-4H,1H3,(H,17,18). The van der Waals surface area contributed by atoms with Crippen LogP contribution in [0.2, 0.25) is 0 Å². The van der Waals surface area contributed by atoms with E-state index < -0.39 is 11.7 Å². The van der Waals surface area contributed by atoms with E-state index >= 15 is 0 Å². The molecule has 0 aliphatic carbocycles. The van der Waals surface area contributed by atoms with Crippen LogP contribution < -0.4 is 5.32 Å². The minimum absolute atomic E-state index is 0.0395. The van der Waals surface area contributed by atoms with Gasteiger partial charge in [-0.3, -0.25) is 5.32 Å². The van der Waals surface area contributed by atoms with Crippen molar-refractivity contribution in [3.05, 3.63) is 29.3 Å². The molecule has 0 saturated heterocycles. The number of amidine groups is 1. The molecule has 8 heteroatoms. The largest absolute Gasteiger partial charge is 0.418 e. The van der Waals surface area contributed by atoms with Crippen molar-refractivity contribution in [1.29, 1.82) is 10.5 Å². The number of hydrogen-bond acceptors (Lipinski definition) is 4. The molecule has 0 saturated carbocycles. The van der Waals surface area contributed by atoms with Gasteiger partial charge in [-0.25, -0.2) is 4.99 Å². The van der Waals surface area contributed by atoms with Gasteiger partial charge in [0.1, 0.15) is 0 Å². The predicted molar refractivity (Wildman–Crippen MR) is 65.5 cm³/mol. The molecule has 0 aromatic heterocycles. The molecule has 19 heavy (non-hydrogen) atoms. The summed E-state index contributed by atoms with van der Waals surface area (Å²) in [4.78, 5) is 3.73. The van der Waals surface area contributed by atoms with Crippen molar-refractivity contribution >= 4 is 22.6 Å². The van der Waals surface area contributed by atoms with Crippen molar-refractivity contribution < 1.29 is 13.2 Å². The zero-order valence-electron chi connectivity index (χ0n) is 9.62. The van der Waals surface area contributed by atoms with Crippen LogP contribution in [0, 0.1) is 22.8 Å². The number of thioether (sulfide) groups is 1. The van der Waals surface area contributed by atoms with Crippen LogP contribution >= 0.6 is 11.8 Å². The van der Waals surface area contributed by atoms with Crippen LogP contribution in [0.4, 0.5) is 18.9 Å². The molecule has 0 fully saturated rings. The lowest BCUT2D eigenvalue weighted by molar-refractivity contribution is -0.137. The highest BCUT2D eigenvalue weighted by Gasteiger charge is 2.34. The highest BCUT2D eigenvalue weighted by molar-refractivity contribution is 8.13. The molecule has 0 heterocycles. The second kappa shape index (κ2) is 6.12. The second-order valence-corrected chi connectivity index (χ2v) is 3.99. The fraction of sp³-hybridized carbons (Fsp3) is 0.182. The van der Waals surface area contributed by atoms with Gasteiger partial charge in [0.2, 0.25) is 0 Å². The van der Waals surface area contributed by atoms with Gasteiger partial charge in [0.25, 0.3) is 0 Å². The molecule has 0 spiro atoms. The van der Waals surface area contributed by atoms with Crippen LogP contribution in [0.5, 0.6) is 0 Å². The third-order valence-corrected chi connectivity index (χ3v) is 2.59. The van der Waals surface area contributed by atoms with Crippen LogP contribution in [0.25, 0.3) is 0 Å². The molecule has 0 aliphatic rings. The Labute approximate surface area is 111 Å². The number of nitrogens with one attached hydrogen (secondary N) is 1. The molecule has 1 aromatic carbocycles. The van der Waals surface area contributed by atoms with Crippen molar-refractivity contribution in [2.24, 2.45) is 4.99 Å². The Kier molecular flexibility index (Phi) is 4.79. The van der Waals surface area contributed by atoms with Crippen molar-refractivity contribution in [3.63, 3.8) is 0 Å². The molecule has 0 unspecified atom stereocenters. The van der Waals surface area contributed by atoms with Gasteiger partial charge in [0.15, 0.2) is 11.4 Å². The normalized spacial score (nSPS) is 11.6. The van der Waals surface area contributed by atoms with Gasteiger partial charge in [0.05, 0.1) is 22.9 Å². The number of aliphatic imine (C=N–C) groups is 1. The Morgan fingerprint density at radius 3 is 2.53 bits per heavy atom. The Hall–Kier alpha value is -2.19. The van der Waals surface area contributed by atoms with Crippen molar-refractivity contribution in [2.75, 3.05) is 6.26 Å². The Morgan fingerprint density at radius 2 is 2.05 bits per heavy atom. The summed E-state index contributed by atoms with van der Waals surface area (Å²) in [5.41, 5.74) is -1.47. The van der Waals surface area contributed by atoms with E-state index in [0.717, 1.165) is 23.9 Å². The van der Waals surface area contributed by atoms with Crippen LogP contribution in [0.3, 0.4) is 0 Å². The summed E-state index contributed by atoms with van der Waals surface area (Å²) in [6.07, 6.45) is -1.47. The van der Waals surface area contributed by atoms with E-state index in [4.69, 9.17) is 10.5 Å².